The van der Waals surface area contributed by atoms with Crippen molar-refractivity contribution in [2.45, 2.75) is 6.54 Å². The fourth-order valence-corrected chi connectivity index (χ4v) is 2.39. The predicted octanol–water partition coefficient (Wildman–Crippen LogP) is 4.39. The summed E-state index contributed by atoms with van der Waals surface area (Å²) in [5.74, 6) is 2.20. The Balaban J connectivity index is 1.70. The molecule has 3 rings (SSSR count). The molecule has 3 aromatic rings. The number of oxime groups is 1. The van der Waals surface area contributed by atoms with Crippen molar-refractivity contribution in [3.8, 4) is 11.6 Å². The third-order valence-electron chi connectivity index (χ3n) is 3.46. The first kappa shape index (κ1) is 16.9. The van der Waals surface area contributed by atoms with E-state index in [0.29, 0.717) is 34.6 Å². The zero-order chi connectivity index (χ0) is 17.6. The van der Waals surface area contributed by atoms with E-state index in [1.807, 2.05) is 12.1 Å². The molecule has 7 heteroatoms. The fraction of sp³-hybridized carbons (Fsp3) is 0.111. The first-order valence-electron chi connectivity index (χ1n) is 7.51. The maximum absolute atomic E-state index is 9.35. The molecule has 0 saturated carbocycles. The standard InChI is InChI=1S/C18H16ClN3O3/c1-22(12-16-3-2-10-24-16)18(21-23)13-4-9-17(20-11-13)25-15-7-5-14(19)6-8-15/h2-11,23H,12H2,1H3/b21-18-. The molecule has 6 nitrogen and oxygen atoms in total. The Labute approximate surface area is 149 Å². The van der Waals surface area contributed by atoms with Crippen molar-refractivity contribution < 1.29 is 14.4 Å². The van der Waals surface area contributed by atoms with E-state index < -0.39 is 0 Å². The quantitative estimate of drug-likeness (QED) is 0.317. The van der Waals surface area contributed by atoms with Crippen molar-refractivity contribution in [1.82, 2.24) is 9.88 Å². The van der Waals surface area contributed by atoms with Gasteiger partial charge in [-0.25, -0.2) is 4.98 Å². The third-order valence-corrected chi connectivity index (χ3v) is 3.71. The molecule has 0 amide bonds. The number of furan rings is 1. The molecule has 2 heterocycles. The lowest BCUT2D eigenvalue weighted by Gasteiger charge is -2.18. The number of ether oxygens (including phenoxy) is 1. The van der Waals surface area contributed by atoms with Gasteiger partial charge in [0.15, 0.2) is 5.84 Å². The van der Waals surface area contributed by atoms with Crippen LogP contribution in [0.5, 0.6) is 11.6 Å². The topological polar surface area (TPSA) is 71.1 Å². The monoisotopic (exact) mass is 357 g/mol. The largest absolute Gasteiger partial charge is 0.467 e. The first-order valence-corrected chi connectivity index (χ1v) is 7.89. The van der Waals surface area contributed by atoms with E-state index in [1.165, 1.54) is 0 Å². The van der Waals surface area contributed by atoms with Crippen LogP contribution >= 0.6 is 11.6 Å². The van der Waals surface area contributed by atoms with Crippen LogP contribution in [-0.2, 0) is 6.54 Å². The van der Waals surface area contributed by atoms with Crippen molar-refractivity contribution >= 4 is 17.4 Å². The zero-order valence-corrected chi connectivity index (χ0v) is 14.2. The van der Waals surface area contributed by atoms with Gasteiger partial charge in [-0.05, 0) is 42.5 Å². The van der Waals surface area contributed by atoms with E-state index >= 15 is 0 Å². The summed E-state index contributed by atoms with van der Waals surface area (Å²) in [5, 5.41) is 13.4. The lowest BCUT2D eigenvalue weighted by atomic mass is 10.2. The summed E-state index contributed by atoms with van der Waals surface area (Å²) >= 11 is 5.85. The highest BCUT2D eigenvalue weighted by Crippen LogP contribution is 2.22. The Kier molecular flexibility index (Phi) is 5.20. The highest BCUT2D eigenvalue weighted by atomic mass is 35.5. The first-order chi connectivity index (χ1) is 12.2. The molecule has 0 unspecified atom stereocenters. The second kappa shape index (κ2) is 7.72. The zero-order valence-electron chi connectivity index (χ0n) is 13.5. The SMILES string of the molecule is CN(Cc1ccco1)/C(=N\O)c1ccc(Oc2ccc(Cl)cc2)nc1. The fourth-order valence-electron chi connectivity index (χ4n) is 2.26. The molecule has 0 radical (unpaired) electrons. The van der Waals surface area contributed by atoms with Gasteiger partial charge < -0.3 is 19.3 Å². The predicted molar refractivity (Wildman–Crippen MR) is 94.3 cm³/mol. The van der Waals surface area contributed by atoms with Crippen LogP contribution < -0.4 is 4.74 Å². The molecule has 0 aliphatic heterocycles. The van der Waals surface area contributed by atoms with Crippen LogP contribution in [0.2, 0.25) is 5.02 Å². The van der Waals surface area contributed by atoms with E-state index in [9.17, 15) is 5.21 Å². The lowest BCUT2D eigenvalue weighted by Crippen LogP contribution is -2.27. The van der Waals surface area contributed by atoms with Gasteiger partial charge in [-0.15, -0.1) is 0 Å². The van der Waals surface area contributed by atoms with Gasteiger partial charge in [-0.1, -0.05) is 16.8 Å². The van der Waals surface area contributed by atoms with Crippen LogP contribution in [0.15, 0.2) is 70.6 Å². The summed E-state index contributed by atoms with van der Waals surface area (Å²) in [5.41, 5.74) is 0.653. The summed E-state index contributed by atoms with van der Waals surface area (Å²) in [6, 6.07) is 14.1. The Morgan fingerprint density at radius 3 is 2.64 bits per heavy atom. The molecule has 0 aliphatic rings. The van der Waals surface area contributed by atoms with Gasteiger partial charge in [0.2, 0.25) is 5.88 Å². The average molecular weight is 358 g/mol. The van der Waals surface area contributed by atoms with Crippen molar-refractivity contribution in [2.24, 2.45) is 5.16 Å². The van der Waals surface area contributed by atoms with Crippen molar-refractivity contribution in [1.29, 1.82) is 0 Å². The average Bonchev–Trinajstić information content (AvgIpc) is 3.12. The van der Waals surface area contributed by atoms with Crippen LogP contribution in [0, 0.1) is 0 Å². The van der Waals surface area contributed by atoms with Gasteiger partial charge in [-0.3, -0.25) is 0 Å². The summed E-state index contributed by atoms with van der Waals surface area (Å²) in [7, 11) is 1.80. The minimum atomic E-state index is 0.377. The molecule has 0 aliphatic carbocycles. The van der Waals surface area contributed by atoms with Crippen molar-refractivity contribution in [2.75, 3.05) is 7.05 Å². The second-order valence-corrected chi connectivity index (χ2v) is 5.74. The van der Waals surface area contributed by atoms with E-state index in [4.69, 9.17) is 20.8 Å². The Hall–Kier alpha value is -2.99. The number of aromatic nitrogens is 1. The maximum atomic E-state index is 9.35. The number of hydrogen-bond donors (Lipinski definition) is 1. The number of hydrogen-bond acceptors (Lipinski definition) is 5. The van der Waals surface area contributed by atoms with Gasteiger partial charge in [0.25, 0.3) is 0 Å². The van der Waals surface area contributed by atoms with E-state index in [-0.39, 0.29) is 0 Å². The van der Waals surface area contributed by atoms with Crippen LogP contribution in [-0.4, -0.2) is 28.0 Å². The number of amidine groups is 1. The van der Waals surface area contributed by atoms with E-state index in [2.05, 4.69) is 10.1 Å². The van der Waals surface area contributed by atoms with E-state index in [0.717, 1.165) is 5.76 Å². The molecule has 25 heavy (non-hydrogen) atoms. The number of halogens is 1. The van der Waals surface area contributed by atoms with Gasteiger partial charge in [0.1, 0.15) is 11.5 Å². The number of rotatable bonds is 5. The molecule has 2 aromatic heterocycles. The molecule has 128 valence electrons. The Bertz CT molecular complexity index is 831. The summed E-state index contributed by atoms with van der Waals surface area (Å²) in [4.78, 5) is 6.01. The van der Waals surface area contributed by atoms with Crippen molar-refractivity contribution in [3.63, 3.8) is 0 Å². The maximum Gasteiger partial charge on any atom is 0.219 e. The molecule has 1 aromatic carbocycles. The Morgan fingerprint density at radius 2 is 2.04 bits per heavy atom. The summed E-state index contributed by atoms with van der Waals surface area (Å²) in [6.07, 6.45) is 3.18. The van der Waals surface area contributed by atoms with Crippen LogP contribution in [0.3, 0.4) is 0 Å². The Morgan fingerprint density at radius 1 is 1.24 bits per heavy atom. The van der Waals surface area contributed by atoms with Crippen LogP contribution in [0.1, 0.15) is 11.3 Å². The molecular weight excluding hydrogens is 342 g/mol. The summed E-state index contributed by atoms with van der Waals surface area (Å²) < 4.78 is 11.0. The smallest absolute Gasteiger partial charge is 0.219 e. The van der Waals surface area contributed by atoms with Crippen LogP contribution in [0.25, 0.3) is 0 Å². The molecule has 1 N–H and O–H groups in total. The number of pyridine rings is 1. The molecule has 0 fully saturated rings. The van der Waals surface area contributed by atoms with Gasteiger partial charge in [0, 0.05) is 29.9 Å². The molecule has 0 saturated heterocycles. The molecule has 0 spiro atoms. The summed E-state index contributed by atoms with van der Waals surface area (Å²) in [6.45, 7) is 0.468. The number of nitrogens with zero attached hydrogens (tertiary/aromatic N) is 3. The van der Waals surface area contributed by atoms with Gasteiger partial charge >= 0.3 is 0 Å². The third kappa shape index (κ3) is 4.30. The normalized spacial score (nSPS) is 11.4. The van der Waals surface area contributed by atoms with Crippen molar-refractivity contribution in [3.05, 3.63) is 77.3 Å². The minimum Gasteiger partial charge on any atom is -0.467 e. The molecular formula is C18H16ClN3O3. The van der Waals surface area contributed by atoms with Gasteiger partial charge in [0.05, 0.1) is 12.8 Å². The number of benzene rings is 1. The van der Waals surface area contributed by atoms with Crippen LogP contribution in [0.4, 0.5) is 0 Å². The van der Waals surface area contributed by atoms with Gasteiger partial charge in [-0.2, -0.15) is 0 Å². The second-order valence-electron chi connectivity index (χ2n) is 5.30. The minimum absolute atomic E-state index is 0.377. The highest BCUT2D eigenvalue weighted by Gasteiger charge is 2.13. The molecule has 0 bridgehead atoms. The highest BCUT2D eigenvalue weighted by molar-refractivity contribution is 6.30. The van der Waals surface area contributed by atoms with E-state index in [1.54, 1.807) is 60.8 Å². The lowest BCUT2D eigenvalue weighted by molar-refractivity contribution is 0.302. The molecule has 0 atom stereocenters.